The van der Waals surface area contributed by atoms with Crippen LogP contribution in [0.2, 0.25) is 5.02 Å². The Balaban J connectivity index is 2.19. The summed E-state index contributed by atoms with van der Waals surface area (Å²) in [7, 11) is 0. The minimum atomic E-state index is 0.0449. The van der Waals surface area contributed by atoms with Crippen molar-refractivity contribution in [2.45, 2.75) is 13.3 Å². The Kier molecular flexibility index (Phi) is 5.14. The highest BCUT2D eigenvalue weighted by molar-refractivity contribution is 6.32. The lowest BCUT2D eigenvalue weighted by Gasteiger charge is -2.23. The van der Waals surface area contributed by atoms with E-state index in [9.17, 15) is 4.79 Å². The Morgan fingerprint density at radius 1 is 0.786 bits per heavy atom. The van der Waals surface area contributed by atoms with Crippen LogP contribution >= 0.6 is 11.6 Å². The van der Waals surface area contributed by atoms with Crippen molar-refractivity contribution in [3.8, 4) is 28.2 Å². The third-order valence-electron chi connectivity index (χ3n) is 4.88. The lowest BCUT2D eigenvalue weighted by Crippen LogP contribution is -2.17. The molecule has 4 aromatic rings. The first-order valence-electron chi connectivity index (χ1n) is 9.35. The summed E-state index contributed by atoms with van der Waals surface area (Å²) in [6.45, 7) is 2.02. The molecule has 0 spiro atoms. The summed E-state index contributed by atoms with van der Waals surface area (Å²) < 4.78 is 2.12. The number of halogens is 1. The third kappa shape index (κ3) is 3.28. The zero-order chi connectivity index (χ0) is 19.5. The molecular formula is C25H20ClNO. The van der Waals surface area contributed by atoms with Crippen LogP contribution in [-0.4, -0.2) is 4.57 Å². The molecule has 0 fully saturated rings. The average Bonchev–Trinajstić information content (AvgIpc) is 2.75. The topological polar surface area (TPSA) is 22.0 Å². The summed E-state index contributed by atoms with van der Waals surface area (Å²) in [5.74, 6) is 0. The molecule has 2 nitrogen and oxygen atoms in total. The Labute approximate surface area is 169 Å². The summed E-state index contributed by atoms with van der Waals surface area (Å²) in [4.78, 5) is 13.1. The van der Waals surface area contributed by atoms with E-state index in [0.717, 1.165) is 33.8 Å². The summed E-state index contributed by atoms with van der Waals surface area (Å²) >= 11 is 6.61. The van der Waals surface area contributed by atoms with Crippen LogP contribution in [0.15, 0.2) is 95.8 Å². The number of benzene rings is 3. The Morgan fingerprint density at radius 3 is 1.96 bits per heavy atom. The third-order valence-corrected chi connectivity index (χ3v) is 5.20. The van der Waals surface area contributed by atoms with Crippen molar-refractivity contribution in [3.63, 3.8) is 0 Å². The Hall–Kier alpha value is -3.10. The first-order chi connectivity index (χ1) is 13.7. The van der Waals surface area contributed by atoms with Crippen LogP contribution in [0.3, 0.4) is 0 Å². The molecule has 28 heavy (non-hydrogen) atoms. The smallest absolute Gasteiger partial charge is 0.186 e. The molecule has 0 amide bonds. The molecule has 0 aliphatic heterocycles. The number of nitrogens with zero attached hydrogens (tertiary/aromatic N) is 1. The first-order valence-corrected chi connectivity index (χ1v) is 9.73. The number of aromatic nitrogens is 1. The van der Waals surface area contributed by atoms with Gasteiger partial charge in [0.05, 0.1) is 22.1 Å². The molecule has 0 aliphatic carbocycles. The van der Waals surface area contributed by atoms with Gasteiger partial charge in [-0.05, 0) is 29.7 Å². The fraction of sp³-hybridized carbons (Fsp3) is 0.0800. The monoisotopic (exact) mass is 385 g/mol. The molecule has 1 aromatic heterocycles. The highest BCUT2D eigenvalue weighted by Crippen LogP contribution is 2.34. The summed E-state index contributed by atoms with van der Waals surface area (Å²) in [6.07, 6.45) is 0.641. The minimum absolute atomic E-state index is 0.0449. The van der Waals surface area contributed by atoms with Crippen LogP contribution in [0, 0.1) is 0 Å². The second-order valence-corrected chi connectivity index (χ2v) is 7.00. The molecule has 3 aromatic carbocycles. The normalized spacial score (nSPS) is 10.8. The fourth-order valence-corrected chi connectivity index (χ4v) is 3.81. The van der Waals surface area contributed by atoms with E-state index in [0.29, 0.717) is 11.4 Å². The number of hydrogen-bond acceptors (Lipinski definition) is 1. The van der Waals surface area contributed by atoms with E-state index in [2.05, 4.69) is 4.57 Å². The van der Waals surface area contributed by atoms with Gasteiger partial charge in [0.2, 0.25) is 0 Å². The van der Waals surface area contributed by atoms with Gasteiger partial charge in [0.25, 0.3) is 0 Å². The van der Waals surface area contributed by atoms with E-state index in [4.69, 9.17) is 11.6 Å². The fourth-order valence-electron chi connectivity index (χ4n) is 3.59. The van der Waals surface area contributed by atoms with Crippen molar-refractivity contribution in [1.82, 2.24) is 4.57 Å². The van der Waals surface area contributed by atoms with Gasteiger partial charge in [-0.15, -0.1) is 0 Å². The van der Waals surface area contributed by atoms with E-state index in [-0.39, 0.29) is 5.43 Å². The van der Waals surface area contributed by atoms with E-state index < -0.39 is 0 Å². The molecule has 0 atom stereocenters. The van der Waals surface area contributed by atoms with Crippen molar-refractivity contribution < 1.29 is 0 Å². The van der Waals surface area contributed by atoms with Crippen molar-refractivity contribution in [1.29, 1.82) is 0 Å². The lowest BCUT2D eigenvalue weighted by atomic mass is 9.99. The Bertz CT molecular complexity index is 1160. The van der Waals surface area contributed by atoms with Gasteiger partial charge in [0.15, 0.2) is 5.43 Å². The predicted octanol–water partition coefficient (Wildman–Crippen LogP) is 6.39. The van der Waals surface area contributed by atoms with E-state index in [1.165, 1.54) is 0 Å². The van der Waals surface area contributed by atoms with Crippen molar-refractivity contribution in [2.75, 3.05) is 0 Å². The molecular weight excluding hydrogens is 366 g/mol. The van der Waals surface area contributed by atoms with Gasteiger partial charge < -0.3 is 4.57 Å². The van der Waals surface area contributed by atoms with Crippen LogP contribution in [0.4, 0.5) is 0 Å². The van der Waals surface area contributed by atoms with Gasteiger partial charge in [0.1, 0.15) is 0 Å². The van der Waals surface area contributed by atoms with Crippen molar-refractivity contribution in [2.24, 2.45) is 0 Å². The van der Waals surface area contributed by atoms with Gasteiger partial charge in [-0.1, -0.05) is 91.3 Å². The van der Waals surface area contributed by atoms with Crippen LogP contribution in [0.5, 0.6) is 0 Å². The zero-order valence-corrected chi connectivity index (χ0v) is 16.4. The van der Waals surface area contributed by atoms with Crippen LogP contribution < -0.4 is 5.43 Å². The maximum absolute atomic E-state index is 13.1. The second-order valence-electron chi connectivity index (χ2n) is 6.59. The summed E-state index contributed by atoms with van der Waals surface area (Å²) in [5, 5.41) is 0.641. The van der Waals surface area contributed by atoms with Gasteiger partial charge in [-0.3, -0.25) is 4.79 Å². The number of pyridine rings is 1. The number of para-hydroxylation sites is 1. The van der Waals surface area contributed by atoms with Gasteiger partial charge >= 0.3 is 0 Å². The zero-order valence-electron chi connectivity index (χ0n) is 15.6. The minimum Gasteiger partial charge on any atom is -0.307 e. The molecule has 0 saturated carbocycles. The maximum Gasteiger partial charge on any atom is 0.186 e. The molecule has 0 aliphatic rings. The first kappa shape index (κ1) is 18.3. The molecule has 0 radical (unpaired) electrons. The second kappa shape index (κ2) is 7.87. The molecule has 3 heteroatoms. The molecule has 0 saturated heterocycles. The van der Waals surface area contributed by atoms with Gasteiger partial charge in [0, 0.05) is 11.6 Å². The van der Waals surface area contributed by atoms with Crippen LogP contribution in [0.1, 0.15) is 12.5 Å². The highest BCUT2D eigenvalue weighted by Gasteiger charge is 2.19. The summed E-state index contributed by atoms with van der Waals surface area (Å²) in [6, 6.07) is 29.5. The quantitative estimate of drug-likeness (QED) is 0.399. The van der Waals surface area contributed by atoms with Crippen molar-refractivity contribution in [3.05, 3.63) is 112 Å². The van der Waals surface area contributed by atoms with E-state index in [1.54, 1.807) is 6.07 Å². The van der Waals surface area contributed by atoms with Crippen LogP contribution in [0.25, 0.3) is 28.2 Å². The van der Waals surface area contributed by atoms with Gasteiger partial charge in [-0.25, -0.2) is 0 Å². The number of hydrogen-bond donors (Lipinski definition) is 0. The molecule has 0 N–H and O–H groups in total. The predicted molar refractivity (Wildman–Crippen MR) is 117 cm³/mol. The maximum atomic E-state index is 13.1. The average molecular weight is 386 g/mol. The standard InChI is InChI=1S/C25H20ClNO/c1-2-20-24(28)17-23(18-11-5-3-6-12-18)27(22-16-10-9-15-21(22)26)25(20)19-13-7-4-8-14-19/h3-17H,2H2,1H3. The number of rotatable bonds is 4. The SMILES string of the molecule is CCc1c(-c2ccccc2)n(-c2ccccc2Cl)c(-c2ccccc2)cc1=O. The molecule has 138 valence electrons. The van der Waals surface area contributed by atoms with E-state index >= 15 is 0 Å². The molecule has 0 bridgehead atoms. The molecule has 1 heterocycles. The molecule has 0 unspecified atom stereocenters. The Morgan fingerprint density at radius 2 is 1.36 bits per heavy atom. The van der Waals surface area contributed by atoms with Gasteiger partial charge in [-0.2, -0.15) is 0 Å². The van der Waals surface area contributed by atoms with Crippen LogP contribution in [-0.2, 0) is 6.42 Å². The summed E-state index contributed by atoms with van der Waals surface area (Å²) in [5.41, 5.74) is 5.37. The largest absolute Gasteiger partial charge is 0.307 e. The van der Waals surface area contributed by atoms with Crippen molar-refractivity contribution >= 4 is 11.6 Å². The van der Waals surface area contributed by atoms with E-state index in [1.807, 2.05) is 91.9 Å². The lowest BCUT2D eigenvalue weighted by molar-refractivity contribution is 0.998. The highest BCUT2D eigenvalue weighted by atomic mass is 35.5. The molecule has 4 rings (SSSR count).